The lowest BCUT2D eigenvalue weighted by Crippen LogP contribution is -2.21. The number of carbonyl (C=O) groups excluding carboxylic acids is 1. The first-order chi connectivity index (χ1) is 12.1. The maximum atomic E-state index is 12.3. The van der Waals surface area contributed by atoms with E-state index >= 15 is 0 Å². The molecule has 138 valence electrons. The van der Waals surface area contributed by atoms with Gasteiger partial charge in [0.1, 0.15) is 10.6 Å². The Morgan fingerprint density at radius 2 is 1.92 bits per heavy atom. The first kappa shape index (κ1) is 19.9. The summed E-state index contributed by atoms with van der Waals surface area (Å²) in [5.41, 5.74) is 4.71. The fourth-order valence-corrected chi connectivity index (χ4v) is 3.30. The number of nitrogens with two attached hydrogens (primary N) is 1. The Bertz CT molecular complexity index is 987. The lowest BCUT2D eigenvalue weighted by atomic mass is 10.1. The molecule has 0 aromatic heterocycles. The molecule has 0 unspecified atom stereocenters. The van der Waals surface area contributed by atoms with Gasteiger partial charge >= 0.3 is 0 Å². The summed E-state index contributed by atoms with van der Waals surface area (Å²) in [5, 5.41) is 9.08. The zero-order valence-electron chi connectivity index (χ0n) is 14.4. The van der Waals surface area contributed by atoms with Gasteiger partial charge in [-0.25, -0.2) is 19.0 Å². The average Bonchev–Trinajstić information content (AvgIpc) is 2.58. The molecule has 0 aliphatic rings. The smallest absolute Gasteiger partial charge is 0.271 e. The van der Waals surface area contributed by atoms with E-state index in [0.29, 0.717) is 11.5 Å². The molecule has 7 nitrogen and oxygen atoms in total. The van der Waals surface area contributed by atoms with Gasteiger partial charge in [-0.2, -0.15) is 5.10 Å². The van der Waals surface area contributed by atoms with Gasteiger partial charge in [0.15, 0.2) is 0 Å². The van der Waals surface area contributed by atoms with Crippen molar-refractivity contribution in [3.8, 4) is 5.75 Å². The van der Waals surface area contributed by atoms with Crippen LogP contribution in [0.15, 0.2) is 46.4 Å². The Hall–Kier alpha value is -2.42. The fraction of sp³-hybridized carbons (Fsp3) is 0.176. The molecule has 9 heteroatoms. The van der Waals surface area contributed by atoms with E-state index < -0.39 is 15.9 Å². The third-order valence-corrected chi connectivity index (χ3v) is 4.96. The molecule has 0 spiro atoms. The van der Waals surface area contributed by atoms with Gasteiger partial charge in [0.05, 0.1) is 17.8 Å². The number of nitrogens with zero attached hydrogens (tertiary/aromatic N) is 1. The number of methoxy groups -OCH3 is 1. The number of benzene rings is 2. The number of primary sulfonamides is 1. The van der Waals surface area contributed by atoms with Crippen molar-refractivity contribution < 1.29 is 17.9 Å². The van der Waals surface area contributed by atoms with Gasteiger partial charge in [-0.3, -0.25) is 4.79 Å². The molecule has 0 saturated carbocycles. The molecule has 2 aromatic rings. The molecule has 0 bridgehead atoms. The number of carbonyl (C=O) groups is 1. The van der Waals surface area contributed by atoms with E-state index in [1.165, 1.54) is 12.1 Å². The van der Waals surface area contributed by atoms with E-state index in [1.54, 1.807) is 14.0 Å². The van der Waals surface area contributed by atoms with E-state index in [9.17, 15) is 13.2 Å². The van der Waals surface area contributed by atoms with Crippen molar-refractivity contribution in [1.82, 2.24) is 5.43 Å². The van der Waals surface area contributed by atoms with Gasteiger partial charge in [0, 0.05) is 11.1 Å². The summed E-state index contributed by atoms with van der Waals surface area (Å²) in [5.74, 6) is 0.0200. The van der Waals surface area contributed by atoms with Gasteiger partial charge in [0.25, 0.3) is 5.91 Å². The lowest BCUT2D eigenvalue weighted by Gasteiger charge is -2.10. The normalized spacial score (nSPS) is 12.0. The standard InChI is InChI=1S/C17H18ClN3O4S/c1-10-4-7-15(25-3)13(8-10)11(2)20-21-17(22)12-5-6-14(18)16(9-12)26(19,23)24/h4-9H,1-3H3,(H,21,22)(H2,19,23,24)/b20-11-. The van der Waals surface area contributed by atoms with Crippen LogP contribution in [0.2, 0.25) is 5.02 Å². The molecule has 26 heavy (non-hydrogen) atoms. The molecule has 0 heterocycles. The molecule has 0 saturated heterocycles. The molecule has 0 atom stereocenters. The summed E-state index contributed by atoms with van der Waals surface area (Å²) in [7, 11) is -2.50. The van der Waals surface area contributed by atoms with Crippen molar-refractivity contribution in [3.63, 3.8) is 0 Å². The number of hydrazone groups is 1. The first-order valence-corrected chi connectivity index (χ1v) is 9.38. The van der Waals surface area contributed by atoms with E-state index in [-0.39, 0.29) is 15.5 Å². The zero-order valence-corrected chi connectivity index (χ0v) is 16.0. The van der Waals surface area contributed by atoms with Crippen molar-refractivity contribution in [2.75, 3.05) is 7.11 Å². The van der Waals surface area contributed by atoms with Crippen LogP contribution < -0.4 is 15.3 Å². The van der Waals surface area contributed by atoms with Crippen molar-refractivity contribution in [2.45, 2.75) is 18.7 Å². The number of halogens is 1. The molecule has 2 rings (SSSR count). The second kappa shape index (κ2) is 7.86. The highest BCUT2D eigenvalue weighted by molar-refractivity contribution is 7.89. The molecule has 2 aromatic carbocycles. The number of hydrogen-bond acceptors (Lipinski definition) is 5. The molecule has 3 N–H and O–H groups in total. The van der Waals surface area contributed by atoms with Gasteiger partial charge < -0.3 is 4.74 Å². The summed E-state index contributed by atoms with van der Waals surface area (Å²) >= 11 is 5.81. The second-order valence-electron chi connectivity index (χ2n) is 5.53. The monoisotopic (exact) mass is 395 g/mol. The Balaban J connectivity index is 2.28. The van der Waals surface area contributed by atoms with E-state index in [2.05, 4.69) is 10.5 Å². The van der Waals surface area contributed by atoms with Crippen LogP contribution in [-0.4, -0.2) is 27.1 Å². The highest BCUT2D eigenvalue weighted by Crippen LogP contribution is 2.22. The topological polar surface area (TPSA) is 111 Å². The SMILES string of the molecule is COc1ccc(C)cc1/C(C)=N\NC(=O)c1ccc(Cl)c(S(N)(=O)=O)c1. The number of rotatable bonds is 5. The predicted octanol–water partition coefficient (Wildman–Crippen LogP) is 2.46. The quantitative estimate of drug-likeness (QED) is 0.598. The van der Waals surface area contributed by atoms with Crippen LogP contribution in [0, 0.1) is 6.92 Å². The molecule has 0 fully saturated rings. The highest BCUT2D eigenvalue weighted by atomic mass is 35.5. The maximum absolute atomic E-state index is 12.3. The fourth-order valence-electron chi connectivity index (χ4n) is 2.23. The molecular formula is C17H18ClN3O4S. The molecule has 1 amide bonds. The van der Waals surface area contributed by atoms with Crippen LogP contribution >= 0.6 is 11.6 Å². The van der Waals surface area contributed by atoms with Crippen LogP contribution in [0.3, 0.4) is 0 Å². The van der Waals surface area contributed by atoms with Crippen molar-refractivity contribution in [3.05, 3.63) is 58.1 Å². The Morgan fingerprint density at radius 1 is 1.23 bits per heavy atom. The van der Waals surface area contributed by atoms with Gasteiger partial charge in [0.2, 0.25) is 10.0 Å². The van der Waals surface area contributed by atoms with Crippen molar-refractivity contribution in [2.24, 2.45) is 10.2 Å². The predicted molar refractivity (Wildman–Crippen MR) is 100 cm³/mol. The molecule has 0 radical (unpaired) electrons. The average molecular weight is 396 g/mol. The summed E-state index contributed by atoms with van der Waals surface area (Å²) in [4.78, 5) is 11.9. The van der Waals surface area contributed by atoms with Crippen LogP contribution in [0.5, 0.6) is 5.75 Å². The Labute approximate surface area is 156 Å². The van der Waals surface area contributed by atoms with Crippen LogP contribution in [0.4, 0.5) is 0 Å². The number of amides is 1. The minimum atomic E-state index is -4.04. The Kier molecular flexibility index (Phi) is 6.01. The van der Waals surface area contributed by atoms with Gasteiger partial charge in [-0.1, -0.05) is 23.2 Å². The molecule has 0 aliphatic carbocycles. The second-order valence-corrected chi connectivity index (χ2v) is 7.47. The summed E-state index contributed by atoms with van der Waals surface area (Å²) in [6, 6.07) is 9.36. The van der Waals surface area contributed by atoms with Crippen LogP contribution in [0.1, 0.15) is 28.4 Å². The highest BCUT2D eigenvalue weighted by Gasteiger charge is 2.16. The summed E-state index contributed by atoms with van der Waals surface area (Å²) < 4.78 is 28.3. The molecular weight excluding hydrogens is 378 g/mol. The third kappa shape index (κ3) is 4.60. The van der Waals surface area contributed by atoms with Gasteiger partial charge in [-0.05, 0) is 44.2 Å². The van der Waals surface area contributed by atoms with Gasteiger partial charge in [-0.15, -0.1) is 0 Å². The van der Waals surface area contributed by atoms with Crippen molar-refractivity contribution in [1.29, 1.82) is 0 Å². The van der Waals surface area contributed by atoms with E-state index in [1.807, 2.05) is 25.1 Å². The van der Waals surface area contributed by atoms with Crippen molar-refractivity contribution >= 4 is 33.2 Å². The number of nitrogens with one attached hydrogen (secondary N) is 1. The number of sulfonamides is 1. The summed E-state index contributed by atoms with van der Waals surface area (Å²) in [6.45, 7) is 3.65. The van der Waals surface area contributed by atoms with Crippen LogP contribution in [-0.2, 0) is 10.0 Å². The lowest BCUT2D eigenvalue weighted by molar-refractivity contribution is 0.0954. The van der Waals surface area contributed by atoms with Crippen LogP contribution in [0.25, 0.3) is 0 Å². The number of hydrogen-bond donors (Lipinski definition) is 2. The van der Waals surface area contributed by atoms with E-state index in [4.69, 9.17) is 21.5 Å². The zero-order chi connectivity index (χ0) is 19.5. The van der Waals surface area contributed by atoms with E-state index in [0.717, 1.165) is 17.2 Å². The minimum absolute atomic E-state index is 0.0613. The maximum Gasteiger partial charge on any atom is 0.271 e. The molecule has 0 aliphatic heterocycles. The number of aryl methyl sites for hydroxylation is 1. The minimum Gasteiger partial charge on any atom is -0.496 e. The first-order valence-electron chi connectivity index (χ1n) is 7.45. The number of ether oxygens (including phenoxy) is 1. The summed E-state index contributed by atoms with van der Waals surface area (Å²) in [6.07, 6.45) is 0. The third-order valence-electron chi connectivity index (χ3n) is 3.57. The Morgan fingerprint density at radius 3 is 2.54 bits per heavy atom. The largest absolute Gasteiger partial charge is 0.496 e.